The predicted molar refractivity (Wildman–Crippen MR) is 99.6 cm³/mol. The van der Waals surface area contributed by atoms with Crippen LogP contribution in [0, 0.1) is 0 Å². The number of hydrogen-bond donors (Lipinski definition) is 1. The second-order valence-electron chi connectivity index (χ2n) is 6.59. The lowest BCUT2D eigenvalue weighted by atomic mass is 10.00. The number of rotatable bonds is 6. The maximum Gasteiger partial charge on any atom is 0.215 e. The zero-order valence-corrected chi connectivity index (χ0v) is 15.1. The van der Waals surface area contributed by atoms with Gasteiger partial charge in [0.15, 0.2) is 0 Å². The molecular formula is C19H26N2O2S. The van der Waals surface area contributed by atoms with E-state index >= 15 is 0 Å². The average Bonchev–Trinajstić information content (AvgIpc) is 2.60. The van der Waals surface area contributed by atoms with E-state index in [0.717, 1.165) is 18.5 Å². The van der Waals surface area contributed by atoms with E-state index in [-0.39, 0.29) is 5.75 Å². The van der Waals surface area contributed by atoms with Crippen LogP contribution in [0.1, 0.15) is 30.4 Å². The lowest BCUT2D eigenvalue weighted by Crippen LogP contribution is -2.31. The predicted octanol–water partition coefficient (Wildman–Crippen LogP) is 2.92. The van der Waals surface area contributed by atoms with Crippen LogP contribution in [-0.2, 0) is 22.2 Å². The van der Waals surface area contributed by atoms with Gasteiger partial charge in [-0.05, 0) is 67.4 Å². The third-order valence-corrected chi connectivity index (χ3v) is 6.19. The number of piperidine rings is 1. The summed E-state index contributed by atoms with van der Waals surface area (Å²) in [7, 11) is -1.78. The van der Waals surface area contributed by atoms with Crippen LogP contribution in [0.5, 0.6) is 0 Å². The molecule has 3 rings (SSSR count). The molecule has 5 heteroatoms. The van der Waals surface area contributed by atoms with Crippen LogP contribution in [0.2, 0.25) is 0 Å². The molecule has 2 aromatic carbocycles. The Labute approximate surface area is 144 Å². The van der Waals surface area contributed by atoms with Crippen LogP contribution in [0.15, 0.2) is 36.4 Å². The highest BCUT2D eigenvalue weighted by atomic mass is 32.2. The Kier molecular flexibility index (Phi) is 5.54. The number of sulfonamides is 1. The van der Waals surface area contributed by atoms with Gasteiger partial charge < -0.3 is 4.90 Å². The van der Waals surface area contributed by atoms with E-state index in [1.165, 1.54) is 55.7 Å². The zero-order chi connectivity index (χ0) is 17.0. The van der Waals surface area contributed by atoms with Gasteiger partial charge >= 0.3 is 0 Å². The minimum absolute atomic E-state index is 0.0277. The monoisotopic (exact) mass is 346 g/mol. The molecule has 4 nitrogen and oxygen atoms in total. The van der Waals surface area contributed by atoms with Gasteiger partial charge in [0.05, 0.1) is 5.75 Å². The molecule has 0 bridgehead atoms. The Hall–Kier alpha value is -1.43. The molecule has 1 aliphatic heterocycles. The van der Waals surface area contributed by atoms with Crippen molar-refractivity contribution in [2.24, 2.45) is 0 Å². The molecule has 0 unspecified atom stereocenters. The Morgan fingerprint density at radius 2 is 1.88 bits per heavy atom. The lowest BCUT2D eigenvalue weighted by molar-refractivity contribution is 0.231. The van der Waals surface area contributed by atoms with Crippen molar-refractivity contribution in [2.75, 3.05) is 26.7 Å². The summed E-state index contributed by atoms with van der Waals surface area (Å²) >= 11 is 0. The number of fused-ring (bicyclic) bond motifs is 1. The van der Waals surface area contributed by atoms with Gasteiger partial charge in [-0.2, -0.15) is 0 Å². The largest absolute Gasteiger partial charge is 0.303 e. The van der Waals surface area contributed by atoms with Crippen LogP contribution in [0.4, 0.5) is 0 Å². The first kappa shape index (κ1) is 17.4. The third kappa shape index (κ3) is 4.35. The Morgan fingerprint density at radius 3 is 2.62 bits per heavy atom. The molecular weight excluding hydrogens is 320 g/mol. The fraction of sp³-hybridized carbons (Fsp3) is 0.474. The first-order valence-electron chi connectivity index (χ1n) is 8.71. The average molecular weight is 346 g/mol. The number of nitrogens with zero attached hydrogens (tertiary/aromatic N) is 1. The molecule has 0 aromatic heterocycles. The van der Waals surface area contributed by atoms with Crippen molar-refractivity contribution in [1.29, 1.82) is 0 Å². The summed E-state index contributed by atoms with van der Waals surface area (Å²) in [6, 6.07) is 12.3. The van der Waals surface area contributed by atoms with Crippen LogP contribution >= 0.6 is 0 Å². The highest BCUT2D eigenvalue weighted by Gasteiger charge is 2.12. The summed E-state index contributed by atoms with van der Waals surface area (Å²) in [5.41, 5.74) is 2.14. The maximum atomic E-state index is 11.8. The van der Waals surface area contributed by atoms with E-state index in [9.17, 15) is 8.42 Å². The molecule has 24 heavy (non-hydrogen) atoms. The van der Waals surface area contributed by atoms with Crippen molar-refractivity contribution >= 4 is 20.8 Å². The molecule has 0 amide bonds. The van der Waals surface area contributed by atoms with Crippen molar-refractivity contribution in [3.8, 4) is 0 Å². The van der Waals surface area contributed by atoms with Crippen LogP contribution in [0.25, 0.3) is 10.8 Å². The molecule has 0 radical (unpaired) electrons. The van der Waals surface area contributed by atoms with E-state index in [1.807, 2.05) is 18.2 Å². The summed E-state index contributed by atoms with van der Waals surface area (Å²) in [5.74, 6) is 0.0277. The summed E-state index contributed by atoms with van der Waals surface area (Å²) < 4.78 is 26.0. The topological polar surface area (TPSA) is 49.4 Å². The molecule has 2 aromatic rings. The van der Waals surface area contributed by atoms with Gasteiger partial charge in [-0.25, -0.2) is 13.1 Å². The van der Waals surface area contributed by atoms with Gasteiger partial charge in [-0.1, -0.05) is 36.8 Å². The second-order valence-corrected chi connectivity index (χ2v) is 8.51. The van der Waals surface area contributed by atoms with Crippen molar-refractivity contribution in [2.45, 2.75) is 31.4 Å². The van der Waals surface area contributed by atoms with Gasteiger partial charge in [0, 0.05) is 6.54 Å². The molecule has 1 aliphatic rings. The number of benzene rings is 2. The Morgan fingerprint density at radius 1 is 1.08 bits per heavy atom. The smallest absolute Gasteiger partial charge is 0.215 e. The number of hydrogen-bond acceptors (Lipinski definition) is 3. The first-order chi connectivity index (χ1) is 11.6. The van der Waals surface area contributed by atoms with Crippen LogP contribution < -0.4 is 4.72 Å². The normalized spacial score (nSPS) is 16.5. The molecule has 0 saturated carbocycles. The van der Waals surface area contributed by atoms with E-state index in [0.29, 0.717) is 0 Å². The van der Waals surface area contributed by atoms with Crippen molar-refractivity contribution < 1.29 is 8.42 Å². The van der Waals surface area contributed by atoms with Crippen molar-refractivity contribution in [3.63, 3.8) is 0 Å². The highest BCUT2D eigenvalue weighted by Crippen LogP contribution is 2.22. The molecule has 0 aliphatic carbocycles. The summed E-state index contributed by atoms with van der Waals surface area (Å²) in [6.45, 7) is 3.49. The maximum absolute atomic E-state index is 11.8. The first-order valence-corrected chi connectivity index (χ1v) is 10.4. The molecule has 130 valence electrons. The molecule has 0 spiro atoms. The van der Waals surface area contributed by atoms with Gasteiger partial charge in [0.2, 0.25) is 10.0 Å². The van der Waals surface area contributed by atoms with E-state index in [4.69, 9.17) is 0 Å². The Bertz CT molecular complexity index is 796. The van der Waals surface area contributed by atoms with Crippen molar-refractivity contribution in [1.82, 2.24) is 9.62 Å². The van der Waals surface area contributed by atoms with Gasteiger partial charge in [0.1, 0.15) is 0 Å². The highest BCUT2D eigenvalue weighted by molar-refractivity contribution is 7.88. The Balaban J connectivity index is 1.81. The third-order valence-electron chi connectivity index (χ3n) is 4.85. The fourth-order valence-corrected chi connectivity index (χ4v) is 4.21. The van der Waals surface area contributed by atoms with Gasteiger partial charge in [-0.3, -0.25) is 0 Å². The SMILES string of the molecule is CNS(=O)(=O)Cc1ccc2cccc(CCN3CCCCC3)c2c1. The molecule has 1 N–H and O–H groups in total. The fourth-order valence-electron chi connectivity index (χ4n) is 3.45. The van der Waals surface area contributed by atoms with Crippen molar-refractivity contribution in [3.05, 3.63) is 47.5 Å². The van der Waals surface area contributed by atoms with Gasteiger partial charge in [-0.15, -0.1) is 0 Å². The van der Waals surface area contributed by atoms with Crippen LogP contribution in [-0.4, -0.2) is 40.0 Å². The van der Waals surface area contributed by atoms with E-state index < -0.39 is 10.0 Å². The van der Waals surface area contributed by atoms with Crippen LogP contribution in [0.3, 0.4) is 0 Å². The molecule has 1 fully saturated rings. The molecule has 1 saturated heterocycles. The van der Waals surface area contributed by atoms with Gasteiger partial charge in [0.25, 0.3) is 0 Å². The summed E-state index contributed by atoms with van der Waals surface area (Å²) in [6.07, 6.45) is 4.98. The van der Waals surface area contributed by atoms with E-state index in [1.54, 1.807) is 0 Å². The quantitative estimate of drug-likeness (QED) is 0.875. The minimum atomic E-state index is -3.24. The zero-order valence-electron chi connectivity index (χ0n) is 14.3. The number of likely N-dealkylation sites (tertiary alicyclic amines) is 1. The standard InChI is InChI=1S/C19H26N2O2S/c1-20-24(22,23)15-16-8-9-17-6-5-7-18(19(17)14-16)10-13-21-11-3-2-4-12-21/h5-9,14,20H,2-4,10-13,15H2,1H3. The molecule has 1 heterocycles. The lowest BCUT2D eigenvalue weighted by Gasteiger charge is -2.26. The second kappa shape index (κ2) is 7.64. The summed E-state index contributed by atoms with van der Waals surface area (Å²) in [5, 5.41) is 2.36. The molecule has 0 atom stereocenters. The number of nitrogens with one attached hydrogen (secondary N) is 1. The summed E-state index contributed by atoms with van der Waals surface area (Å²) in [4.78, 5) is 2.54. The van der Waals surface area contributed by atoms with E-state index in [2.05, 4.69) is 27.8 Å². The minimum Gasteiger partial charge on any atom is -0.303 e.